The van der Waals surface area contributed by atoms with Crippen LogP contribution in [0.5, 0.6) is 0 Å². The fraction of sp³-hybridized carbons (Fsp3) is 0.500. The Labute approximate surface area is 67.3 Å². The van der Waals surface area contributed by atoms with Crippen LogP contribution in [0.4, 0.5) is 0 Å². The van der Waals surface area contributed by atoms with E-state index in [1.165, 1.54) is 5.69 Å². The number of rotatable bonds is 2. The minimum atomic E-state index is 0.541. The van der Waals surface area contributed by atoms with Crippen LogP contribution >= 0.6 is 27.3 Å². The summed E-state index contributed by atoms with van der Waals surface area (Å²) in [6, 6.07) is 0. The number of thiazole rings is 1. The summed E-state index contributed by atoms with van der Waals surface area (Å²) in [5.41, 5.74) is 3.05. The van der Waals surface area contributed by atoms with E-state index in [9.17, 15) is 0 Å². The first-order valence-corrected chi connectivity index (χ1v) is 4.66. The molecule has 0 saturated carbocycles. The Hall–Kier alpha value is 0.110. The minimum Gasteiger partial charge on any atom is -0.250 e. The molecule has 3 heteroatoms. The number of hydrogen-bond acceptors (Lipinski definition) is 2. The largest absolute Gasteiger partial charge is 0.250 e. The Morgan fingerprint density at radius 1 is 1.89 bits per heavy atom. The summed E-state index contributed by atoms with van der Waals surface area (Å²) >= 11 is 5.11. The zero-order chi connectivity index (χ0) is 6.69. The van der Waals surface area contributed by atoms with Crippen LogP contribution in [-0.2, 0) is 6.42 Å². The molecule has 1 unspecified atom stereocenters. The van der Waals surface area contributed by atoms with Gasteiger partial charge in [0, 0.05) is 16.6 Å². The normalized spacial score (nSPS) is 13.6. The summed E-state index contributed by atoms with van der Waals surface area (Å²) in [5, 5.41) is 2.08. The fourth-order valence-corrected chi connectivity index (χ4v) is 1.53. The van der Waals surface area contributed by atoms with Gasteiger partial charge in [-0.05, 0) is 0 Å². The van der Waals surface area contributed by atoms with Gasteiger partial charge in [0.25, 0.3) is 0 Å². The molecule has 0 aliphatic carbocycles. The van der Waals surface area contributed by atoms with E-state index in [-0.39, 0.29) is 0 Å². The van der Waals surface area contributed by atoms with Crippen molar-refractivity contribution in [2.75, 3.05) is 0 Å². The van der Waals surface area contributed by atoms with E-state index in [0.717, 1.165) is 6.42 Å². The van der Waals surface area contributed by atoms with Gasteiger partial charge in [0.1, 0.15) is 0 Å². The molecule has 1 aromatic heterocycles. The molecule has 0 radical (unpaired) electrons. The van der Waals surface area contributed by atoms with Crippen molar-refractivity contribution in [1.29, 1.82) is 0 Å². The number of hydrogen-bond donors (Lipinski definition) is 0. The molecule has 0 aliphatic rings. The lowest BCUT2D eigenvalue weighted by Gasteiger charge is -1.95. The third kappa shape index (κ3) is 2.45. The van der Waals surface area contributed by atoms with Gasteiger partial charge in [-0.2, -0.15) is 0 Å². The SMILES string of the molecule is CC(Br)Cc1cscn1. The van der Waals surface area contributed by atoms with Gasteiger partial charge in [-0.15, -0.1) is 11.3 Å². The topological polar surface area (TPSA) is 12.9 Å². The molecule has 1 heterocycles. The summed E-state index contributed by atoms with van der Waals surface area (Å²) < 4.78 is 0. The molecular weight excluding hydrogens is 198 g/mol. The van der Waals surface area contributed by atoms with Gasteiger partial charge in [-0.25, -0.2) is 4.98 Å². The van der Waals surface area contributed by atoms with Crippen molar-refractivity contribution in [2.24, 2.45) is 0 Å². The van der Waals surface area contributed by atoms with Gasteiger partial charge in [0.2, 0.25) is 0 Å². The van der Waals surface area contributed by atoms with E-state index >= 15 is 0 Å². The van der Waals surface area contributed by atoms with Gasteiger partial charge in [0.05, 0.1) is 11.2 Å². The van der Waals surface area contributed by atoms with E-state index < -0.39 is 0 Å². The highest BCUT2D eigenvalue weighted by Gasteiger charge is 1.98. The maximum atomic E-state index is 4.14. The van der Waals surface area contributed by atoms with Crippen molar-refractivity contribution in [1.82, 2.24) is 4.98 Å². The van der Waals surface area contributed by atoms with E-state index in [1.807, 2.05) is 5.51 Å². The Morgan fingerprint density at radius 2 is 2.67 bits per heavy atom. The Balaban J connectivity index is 2.48. The molecule has 0 fully saturated rings. The van der Waals surface area contributed by atoms with Crippen molar-refractivity contribution in [2.45, 2.75) is 18.2 Å². The van der Waals surface area contributed by atoms with Crippen molar-refractivity contribution < 1.29 is 0 Å². The van der Waals surface area contributed by atoms with Gasteiger partial charge >= 0.3 is 0 Å². The monoisotopic (exact) mass is 205 g/mol. The van der Waals surface area contributed by atoms with Crippen molar-refractivity contribution in [3.05, 3.63) is 16.6 Å². The van der Waals surface area contributed by atoms with Crippen molar-refractivity contribution in [3.8, 4) is 0 Å². The average Bonchev–Trinajstić information content (AvgIpc) is 2.15. The van der Waals surface area contributed by atoms with Gasteiger partial charge in [-0.1, -0.05) is 22.9 Å². The molecule has 9 heavy (non-hydrogen) atoms. The molecule has 50 valence electrons. The quantitative estimate of drug-likeness (QED) is 0.677. The molecule has 1 atom stereocenters. The van der Waals surface area contributed by atoms with E-state index in [0.29, 0.717) is 4.83 Å². The van der Waals surface area contributed by atoms with E-state index in [4.69, 9.17) is 0 Å². The van der Waals surface area contributed by atoms with Crippen LogP contribution in [-0.4, -0.2) is 9.81 Å². The molecule has 1 rings (SSSR count). The van der Waals surface area contributed by atoms with Crippen molar-refractivity contribution in [3.63, 3.8) is 0 Å². The molecule has 0 aliphatic heterocycles. The lowest BCUT2D eigenvalue weighted by Crippen LogP contribution is -1.95. The second-order valence-corrected chi connectivity index (χ2v) is 4.25. The summed E-state index contributed by atoms with van der Waals surface area (Å²) in [4.78, 5) is 4.69. The third-order valence-electron chi connectivity index (χ3n) is 0.974. The Bertz CT molecular complexity index is 160. The highest BCUT2D eigenvalue weighted by Crippen LogP contribution is 2.08. The zero-order valence-electron chi connectivity index (χ0n) is 5.17. The summed E-state index contributed by atoms with van der Waals surface area (Å²) in [7, 11) is 0. The second-order valence-electron chi connectivity index (χ2n) is 1.96. The average molecular weight is 206 g/mol. The van der Waals surface area contributed by atoms with Crippen LogP contribution in [0.1, 0.15) is 12.6 Å². The lowest BCUT2D eigenvalue weighted by molar-refractivity contribution is 0.926. The third-order valence-corrected chi connectivity index (χ3v) is 1.93. The van der Waals surface area contributed by atoms with Crippen LogP contribution in [0.2, 0.25) is 0 Å². The van der Waals surface area contributed by atoms with Gasteiger partial charge < -0.3 is 0 Å². The molecule has 1 aromatic rings. The molecule has 1 nitrogen and oxygen atoms in total. The van der Waals surface area contributed by atoms with Crippen LogP contribution < -0.4 is 0 Å². The number of alkyl halides is 1. The second kappa shape index (κ2) is 3.32. The standard InChI is InChI=1S/C6H8BrNS/c1-5(7)2-6-3-9-4-8-6/h3-5H,2H2,1H3. The van der Waals surface area contributed by atoms with Crippen LogP contribution in [0.3, 0.4) is 0 Å². The summed E-state index contributed by atoms with van der Waals surface area (Å²) in [6.45, 7) is 2.12. The molecule has 0 aromatic carbocycles. The summed E-state index contributed by atoms with van der Waals surface area (Å²) in [5.74, 6) is 0. The predicted octanol–water partition coefficient (Wildman–Crippen LogP) is 2.47. The van der Waals surface area contributed by atoms with Crippen LogP contribution in [0.15, 0.2) is 10.9 Å². The highest BCUT2D eigenvalue weighted by atomic mass is 79.9. The first kappa shape index (κ1) is 7.22. The van der Waals surface area contributed by atoms with Gasteiger partial charge in [-0.3, -0.25) is 0 Å². The molecule has 0 bridgehead atoms. The lowest BCUT2D eigenvalue weighted by atomic mass is 10.3. The molecule has 0 saturated heterocycles. The van der Waals surface area contributed by atoms with E-state index in [2.05, 4.69) is 33.2 Å². The molecule has 0 N–H and O–H groups in total. The summed E-state index contributed by atoms with van der Waals surface area (Å²) in [6.07, 6.45) is 1.03. The molecule has 0 amide bonds. The zero-order valence-corrected chi connectivity index (χ0v) is 7.58. The smallest absolute Gasteiger partial charge is 0.0794 e. The maximum Gasteiger partial charge on any atom is 0.0794 e. The number of halogens is 1. The molecular formula is C6H8BrNS. The van der Waals surface area contributed by atoms with Crippen LogP contribution in [0.25, 0.3) is 0 Å². The first-order valence-electron chi connectivity index (χ1n) is 2.80. The fourth-order valence-electron chi connectivity index (χ4n) is 0.627. The van der Waals surface area contributed by atoms with Crippen LogP contribution in [0, 0.1) is 0 Å². The first-order chi connectivity index (χ1) is 4.29. The Kier molecular flexibility index (Phi) is 2.66. The Morgan fingerprint density at radius 3 is 3.11 bits per heavy atom. The van der Waals surface area contributed by atoms with Crippen molar-refractivity contribution >= 4 is 27.3 Å². The number of aromatic nitrogens is 1. The molecule has 0 spiro atoms. The highest BCUT2D eigenvalue weighted by molar-refractivity contribution is 9.09. The van der Waals surface area contributed by atoms with E-state index in [1.54, 1.807) is 11.3 Å². The maximum absolute atomic E-state index is 4.14. The van der Waals surface area contributed by atoms with Gasteiger partial charge in [0.15, 0.2) is 0 Å². The predicted molar refractivity (Wildman–Crippen MR) is 44.2 cm³/mol. The minimum absolute atomic E-state index is 0.541. The number of nitrogens with zero attached hydrogens (tertiary/aromatic N) is 1.